The van der Waals surface area contributed by atoms with Crippen molar-refractivity contribution in [3.8, 4) is 5.75 Å². The first-order valence-corrected chi connectivity index (χ1v) is 21.1. The number of aromatic nitrogens is 2. The van der Waals surface area contributed by atoms with Crippen molar-refractivity contribution in [2.45, 2.75) is 89.1 Å². The number of nitrogens with zero attached hydrogens (tertiary/aromatic N) is 5. The number of sulfone groups is 1. The van der Waals surface area contributed by atoms with Gasteiger partial charge in [-0.3, -0.25) is 19.8 Å². The minimum absolute atomic E-state index is 0.0957. The molecule has 0 atom stereocenters. The summed E-state index contributed by atoms with van der Waals surface area (Å²) in [5.41, 5.74) is 5.94. The van der Waals surface area contributed by atoms with Gasteiger partial charge in [0.05, 0.1) is 46.9 Å². The Morgan fingerprint density at radius 3 is 2.42 bits per heavy atom. The number of nitrogens with one attached hydrogen (secondary N) is 3. The molecule has 4 amide bonds. The predicted octanol–water partition coefficient (Wildman–Crippen LogP) is 7.09. The number of para-hydroxylation sites is 1. The van der Waals surface area contributed by atoms with Gasteiger partial charge in [-0.1, -0.05) is 35.9 Å². The number of hydrogen-bond acceptors (Lipinski definition) is 11. The van der Waals surface area contributed by atoms with Crippen LogP contribution >= 0.6 is 11.6 Å². The maximum Gasteiger partial charge on any atom is 0.342 e. The van der Waals surface area contributed by atoms with Gasteiger partial charge >= 0.3 is 6.03 Å². The van der Waals surface area contributed by atoms with Crippen molar-refractivity contribution in [2.24, 2.45) is 0 Å². The van der Waals surface area contributed by atoms with Crippen molar-refractivity contribution < 1.29 is 27.5 Å². The molecule has 300 valence electrons. The lowest BCUT2D eigenvalue weighted by molar-refractivity contribution is -0.123. The Labute approximate surface area is 337 Å². The minimum atomic E-state index is -3.58. The highest BCUT2D eigenvalue weighted by molar-refractivity contribution is 7.92. The van der Waals surface area contributed by atoms with E-state index in [2.05, 4.69) is 55.9 Å². The van der Waals surface area contributed by atoms with Crippen molar-refractivity contribution >= 4 is 62.4 Å². The zero-order chi connectivity index (χ0) is 40.6. The zero-order valence-electron chi connectivity index (χ0n) is 32.6. The van der Waals surface area contributed by atoms with Gasteiger partial charge < -0.3 is 15.4 Å². The van der Waals surface area contributed by atoms with E-state index in [1.54, 1.807) is 38.1 Å². The average Bonchev–Trinajstić information content (AvgIpc) is 3.49. The number of ether oxygens (including phenoxy) is 1. The van der Waals surface area contributed by atoms with E-state index in [4.69, 9.17) is 16.3 Å². The summed E-state index contributed by atoms with van der Waals surface area (Å²) in [6.07, 6.45) is 3.44. The van der Waals surface area contributed by atoms with Crippen molar-refractivity contribution in [3.63, 3.8) is 0 Å². The molecular weight excluding hydrogens is 768 g/mol. The van der Waals surface area contributed by atoms with Gasteiger partial charge in [-0.15, -0.1) is 0 Å². The molecule has 0 aliphatic carbocycles. The van der Waals surface area contributed by atoms with Crippen molar-refractivity contribution in [1.82, 2.24) is 30.2 Å². The summed E-state index contributed by atoms with van der Waals surface area (Å²) in [6.45, 7) is 12.3. The van der Waals surface area contributed by atoms with Gasteiger partial charge in [-0.2, -0.15) is 4.98 Å². The van der Waals surface area contributed by atoms with Crippen LogP contribution in [0.15, 0.2) is 65.7 Å². The first kappa shape index (κ1) is 40.0. The van der Waals surface area contributed by atoms with Gasteiger partial charge in [0.2, 0.25) is 11.9 Å². The third-order valence-electron chi connectivity index (χ3n) is 10.5. The van der Waals surface area contributed by atoms with Gasteiger partial charge in [-0.05, 0) is 119 Å². The van der Waals surface area contributed by atoms with Crippen LogP contribution in [0.1, 0.15) is 85.5 Å². The second kappa shape index (κ2) is 16.3. The molecular formula is C41H47ClN8O6S. The first-order valence-electron chi connectivity index (χ1n) is 19.2. The second-order valence-corrected chi connectivity index (χ2v) is 18.1. The Kier molecular flexibility index (Phi) is 11.4. The molecule has 3 N–H and O–H groups in total. The Bertz CT molecular complexity index is 2330. The number of piperidine rings is 1. The van der Waals surface area contributed by atoms with Crippen LogP contribution < -0.4 is 20.7 Å². The third kappa shape index (κ3) is 8.55. The lowest BCUT2D eigenvalue weighted by atomic mass is 9.86. The van der Waals surface area contributed by atoms with E-state index in [0.717, 1.165) is 49.2 Å². The fourth-order valence-corrected chi connectivity index (χ4v) is 8.87. The molecule has 3 aliphatic heterocycles. The molecule has 16 heteroatoms. The molecule has 4 heterocycles. The number of urea groups is 1. The fourth-order valence-electron chi connectivity index (χ4n) is 7.53. The standard InChI is InChI=1S/C41H47ClN8O6S/c1-24(2)56-35-20-31(26(5)18-34(35)45-40-43-21-32(42)38(47-40)44-33-8-6-7-9-36(33)57(54,55)25(3)4)28-12-15-48(16-13-28)22-27-10-11-30-29(19-27)23-50(39(30)52)49-17-14-37(51)46-41(49)53/h6-11,18-21,24-25,28H,12-17,22-23H2,1-5H3,(H,46,51,53)(H2,43,44,45,47). The first-order chi connectivity index (χ1) is 27.2. The van der Waals surface area contributed by atoms with E-state index < -0.39 is 21.1 Å². The molecule has 0 unspecified atom stereocenters. The Hall–Kier alpha value is -5.25. The summed E-state index contributed by atoms with van der Waals surface area (Å²) < 4.78 is 32.5. The predicted molar refractivity (Wildman–Crippen MR) is 218 cm³/mol. The Balaban J connectivity index is 1.02. The normalized spacial score (nSPS) is 16.7. The largest absolute Gasteiger partial charge is 0.489 e. The number of hydrazine groups is 1. The summed E-state index contributed by atoms with van der Waals surface area (Å²) >= 11 is 6.50. The van der Waals surface area contributed by atoms with Crippen molar-refractivity contribution in [1.29, 1.82) is 0 Å². The summed E-state index contributed by atoms with van der Waals surface area (Å²) in [6, 6.07) is 16.1. The molecule has 0 saturated carbocycles. The molecule has 7 rings (SSSR count). The number of anilines is 4. The van der Waals surface area contributed by atoms with E-state index in [0.29, 0.717) is 28.6 Å². The molecule has 57 heavy (non-hydrogen) atoms. The molecule has 2 fully saturated rings. The maximum atomic E-state index is 13.1. The fraction of sp³-hybridized carbons (Fsp3) is 0.390. The number of fused-ring (bicyclic) bond motifs is 1. The van der Waals surface area contributed by atoms with Gasteiger partial charge in [0.15, 0.2) is 15.7 Å². The monoisotopic (exact) mass is 814 g/mol. The topological polar surface area (TPSA) is 166 Å². The lowest BCUT2D eigenvalue weighted by Gasteiger charge is -2.33. The number of hydrogen-bond donors (Lipinski definition) is 3. The molecule has 3 aliphatic rings. The molecule has 2 saturated heterocycles. The van der Waals surface area contributed by atoms with Gasteiger partial charge in [0.25, 0.3) is 5.91 Å². The second-order valence-electron chi connectivity index (χ2n) is 15.2. The minimum Gasteiger partial charge on any atom is -0.489 e. The van der Waals surface area contributed by atoms with Crippen LogP contribution in [0.25, 0.3) is 0 Å². The quantitative estimate of drug-likeness (QED) is 0.134. The third-order valence-corrected chi connectivity index (χ3v) is 13.0. The summed E-state index contributed by atoms with van der Waals surface area (Å²) in [5, 5.41) is 11.1. The number of rotatable bonds is 12. The number of amides is 4. The maximum absolute atomic E-state index is 13.1. The molecule has 3 aromatic carbocycles. The van der Waals surface area contributed by atoms with E-state index >= 15 is 0 Å². The summed E-state index contributed by atoms with van der Waals surface area (Å²) in [5.74, 6) is 0.939. The average molecular weight is 815 g/mol. The summed E-state index contributed by atoms with van der Waals surface area (Å²) in [7, 11) is -3.58. The molecule has 0 spiro atoms. The number of benzene rings is 3. The number of imide groups is 1. The number of likely N-dealkylation sites (tertiary alicyclic amines) is 1. The number of carbonyl (C=O) groups excluding carboxylic acids is 3. The van der Waals surface area contributed by atoms with Crippen LogP contribution in [-0.2, 0) is 27.7 Å². The number of halogens is 1. The van der Waals surface area contributed by atoms with E-state index in [-0.39, 0.29) is 59.1 Å². The molecule has 0 bridgehead atoms. The van der Waals surface area contributed by atoms with Crippen LogP contribution in [0.5, 0.6) is 5.75 Å². The van der Waals surface area contributed by atoms with E-state index in [1.165, 1.54) is 21.8 Å². The lowest BCUT2D eigenvalue weighted by Crippen LogP contribution is -2.56. The number of aryl methyl sites for hydroxylation is 1. The van der Waals surface area contributed by atoms with Gasteiger partial charge in [0.1, 0.15) is 10.8 Å². The Morgan fingerprint density at radius 2 is 1.70 bits per heavy atom. The molecule has 0 radical (unpaired) electrons. The van der Waals surface area contributed by atoms with E-state index in [1.807, 2.05) is 26.0 Å². The van der Waals surface area contributed by atoms with Crippen LogP contribution in [0.4, 0.5) is 27.9 Å². The van der Waals surface area contributed by atoms with Crippen LogP contribution in [-0.4, -0.2) is 82.1 Å². The van der Waals surface area contributed by atoms with Gasteiger partial charge in [-0.25, -0.2) is 28.2 Å². The van der Waals surface area contributed by atoms with Crippen LogP contribution in [0, 0.1) is 6.92 Å². The highest BCUT2D eigenvalue weighted by Crippen LogP contribution is 2.39. The zero-order valence-corrected chi connectivity index (χ0v) is 34.2. The van der Waals surface area contributed by atoms with Crippen molar-refractivity contribution in [2.75, 3.05) is 30.3 Å². The number of carbonyl (C=O) groups is 3. The smallest absolute Gasteiger partial charge is 0.342 e. The summed E-state index contributed by atoms with van der Waals surface area (Å²) in [4.78, 5) is 48.8. The molecule has 1 aromatic heterocycles. The van der Waals surface area contributed by atoms with E-state index in [9.17, 15) is 22.8 Å². The highest BCUT2D eigenvalue weighted by atomic mass is 35.5. The highest BCUT2D eigenvalue weighted by Gasteiger charge is 2.37. The molecule has 4 aromatic rings. The Morgan fingerprint density at radius 1 is 0.947 bits per heavy atom. The van der Waals surface area contributed by atoms with Crippen molar-refractivity contribution in [3.05, 3.63) is 93.6 Å². The van der Waals surface area contributed by atoms with Gasteiger partial charge in [0, 0.05) is 18.5 Å². The van der Waals surface area contributed by atoms with Crippen LogP contribution in [0.2, 0.25) is 5.02 Å². The molecule has 14 nitrogen and oxygen atoms in total. The SMILES string of the molecule is Cc1cc(Nc2ncc(Cl)c(Nc3ccccc3S(=O)(=O)C(C)C)n2)c(OC(C)C)cc1C1CCN(Cc2ccc3c(c2)CN(N2CCC(=O)NC2=O)C3=O)CC1. The van der Waals surface area contributed by atoms with Crippen LogP contribution in [0.3, 0.4) is 0 Å².